The Morgan fingerprint density at radius 1 is 1.80 bits per heavy atom. The molecule has 0 aliphatic carbocycles. The van der Waals surface area contributed by atoms with E-state index >= 15 is 0 Å². The Hall–Kier alpha value is -1.46. The van der Waals surface area contributed by atoms with Crippen molar-refractivity contribution < 1.29 is 4.79 Å². The van der Waals surface area contributed by atoms with Gasteiger partial charge in [0.05, 0.1) is 0 Å². The summed E-state index contributed by atoms with van der Waals surface area (Å²) in [4.78, 5) is 10.9. The van der Waals surface area contributed by atoms with Gasteiger partial charge in [0, 0.05) is 14.1 Å². The molecule has 0 unspecified atom stereocenters. The summed E-state index contributed by atoms with van der Waals surface area (Å²) in [5.41, 5.74) is 2.47. The number of rotatable bonds is 0. The number of hydrogen-bond donors (Lipinski definition) is 2. The van der Waals surface area contributed by atoms with Gasteiger partial charge in [-0.15, -0.1) is 10.2 Å². The molecule has 6 heteroatoms. The Balaban J connectivity index is 2.51. The van der Waals surface area contributed by atoms with Crippen LogP contribution in [0.3, 0.4) is 0 Å². The summed E-state index contributed by atoms with van der Waals surface area (Å²) in [7, 11) is 3.26. The number of carbonyl (C=O) groups excluding carboxylic acids is 1. The molecule has 2 amide bonds. The maximum Gasteiger partial charge on any atom is 0.357 e. The normalized spacial score (nSPS) is 15.4. The van der Waals surface area contributed by atoms with Crippen LogP contribution >= 0.6 is 0 Å². The van der Waals surface area contributed by atoms with E-state index in [1.165, 1.54) is 16.5 Å². The molecule has 1 aliphatic heterocycles. The predicted molar refractivity (Wildman–Crippen MR) is 35.7 cm³/mol. The van der Waals surface area contributed by atoms with Gasteiger partial charge in [0.2, 0.25) is 0 Å². The molecule has 6 nitrogen and oxygen atoms in total. The van der Waals surface area contributed by atoms with Crippen LogP contribution in [0.1, 0.15) is 0 Å². The van der Waals surface area contributed by atoms with Crippen LogP contribution < -0.4 is 10.9 Å². The number of hydrazine groups is 2. The monoisotopic (exact) mass is 143 g/mol. The lowest BCUT2D eigenvalue weighted by molar-refractivity contribution is 0.0796. The van der Waals surface area contributed by atoms with E-state index in [0.717, 1.165) is 0 Å². The van der Waals surface area contributed by atoms with Crippen molar-refractivity contribution in [3.8, 4) is 0 Å². The maximum atomic E-state index is 10.9. The molecule has 0 saturated heterocycles. The second kappa shape index (κ2) is 2.42. The average molecular weight is 143 g/mol. The number of hydrazone groups is 1. The van der Waals surface area contributed by atoms with Crippen molar-refractivity contribution in [1.29, 1.82) is 0 Å². The zero-order chi connectivity index (χ0) is 7.56. The van der Waals surface area contributed by atoms with Crippen LogP contribution in [0.25, 0.3) is 0 Å². The lowest BCUT2D eigenvalue weighted by Gasteiger charge is -2.21. The van der Waals surface area contributed by atoms with Crippen molar-refractivity contribution in [2.75, 3.05) is 14.1 Å². The molecule has 1 aliphatic rings. The van der Waals surface area contributed by atoms with E-state index < -0.39 is 0 Å². The summed E-state index contributed by atoms with van der Waals surface area (Å²) < 4.78 is 0. The summed E-state index contributed by atoms with van der Waals surface area (Å²) in [6, 6.07) is -0.250. The van der Waals surface area contributed by atoms with E-state index in [4.69, 9.17) is 0 Å². The summed E-state index contributed by atoms with van der Waals surface area (Å²) in [5, 5.41) is 8.83. The Kier molecular flexibility index (Phi) is 1.61. The highest BCUT2D eigenvalue weighted by Gasteiger charge is 2.17. The molecule has 10 heavy (non-hydrogen) atoms. The molecule has 0 aromatic carbocycles. The van der Waals surface area contributed by atoms with Crippen molar-refractivity contribution in [3.63, 3.8) is 0 Å². The molecule has 0 fully saturated rings. The Morgan fingerprint density at radius 2 is 2.50 bits per heavy atom. The maximum absolute atomic E-state index is 10.9. The van der Waals surface area contributed by atoms with Crippen LogP contribution in [-0.4, -0.2) is 36.6 Å². The minimum Gasteiger partial charge on any atom is -0.338 e. The lowest BCUT2D eigenvalue weighted by Crippen LogP contribution is -2.49. The zero-order valence-corrected chi connectivity index (χ0v) is 5.83. The van der Waals surface area contributed by atoms with Gasteiger partial charge in [-0.25, -0.2) is 4.79 Å². The number of hydrogen-bond acceptors (Lipinski definition) is 4. The molecule has 1 rings (SSSR count). The first-order valence-corrected chi connectivity index (χ1v) is 2.79. The van der Waals surface area contributed by atoms with Gasteiger partial charge in [-0.2, -0.15) is 5.53 Å². The number of amides is 2. The standard InChI is InChI=1S/C4H9N5O/c1-5-4(10)9-7-6-3-8(9)2/h3,7H,1-2H3,(H,5,10). The van der Waals surface area contributed by atoms with Crippen LogP contribution in [0, 0.1) is 0 Å². The first kappa shape index (κ1) is 6.66. The summed E-state index contributed by atoms with van der Waals surface area (Å²) in [6.07, 6.45) is 1.50. The van der Waals surface area contributed by atoms with E-state index in [2.05, 4.69) is 16.0 Å². The molecule has 0 aromatic heterocycles. The number of carbonyl (C=O) groups is 1. The minimum absolute atomic E-state index is 0.250. The molecule has 1 heterocycles. The Bertz CT molecular complexity index is 167. The zero-order valence-electron chi connectivity index (χ0n) is 5.83. The quantitative estimate of drug-likeness (QED) is 0.454. The first-order valence-electron chi connectivity index (χ1n) is 2.79. The van der Waals surface area contributed by atoms with Gasteiger partial charge < -0.3 is 5.32 Å². The number of urea groups is 1. The summed E-state index contributed by atoms with van der Waals surface area (Å²) in [5.74, 6) is 0. The van der Waals surface area contributed by atoms with Crippen molar-refractivity contribution in [3.05, 3.63) is 0 Å². The average Bonchev–Trinajstić information content (AvgIpc) is 2.34. The highest BCUT2D eigenvalue weighted by Crippen LogP contribution is 1.92. The highest BCUT2D eigenvalue weighted by atomic mass is 16.2. The Morgan fingerprint density at radius 3 is 2.90 bits per heavy atom. The van der Waals surface area contributed by atoms with E-state index in [9.17, 15) is 4.79 Å². The topological polar surface area (TPSA) is 60.0 Å². The summed E-state index contributed by atoms with van der Waals surface area (Å²) in [6.45, 7) is 0. The minimum atomic E-state index is -0.250. The fourth-order valence-corrected chi connectivity index (χ4v) is 0.581. The molecule has 0 saturated carbocycles. The smallest absolute Gasteiger partial charge is 0.338 e. The van der Waals surface area contributed by atoms with Gasteiger partial charge >= 0.3 is 6.03 Å². The van der Waals surface area contributed by atoms with Crippen LogP contribution in [0.5, 0.6) is 0 Å². The van der Waals surface area contributed by atoms with E-state index in [0.29, 0.717) is 0 Å². The van der Waals surface area contributed by atoms with Gasteiger partial charge in [0.1, 0.15) is 6.34 Å². The van der Waals surface area contributed by atoms with E-state index in [1.54, 1.807) is 14.1 Å². The second-order valence-electron chi connectivity index (χ2n) is 1.79. The van der Waals surface area contributed by atoms with Crippen LogP contribution in [0.15, 0.2) is 5.10 Å². The molecule has 0 spiro atoms. The number of nitrogens with one attached hydrogen (secondary N) is 2. The van der Waals surface area contributed by atoms with Crippen LogP contribution in [0.2, 0.25) is 0 Å². The van der Waals surface area contributed by atoms with Crippen molar-refractivity contribution in [2.45, 2.75) is 0 Å². The fourth-order valence-electron chi connectivity index (χ4n) is 0.581. The van der Waals surface area contributed by atoms with Crippen molar-refractivity contribution >= 4 is 12.4 Å². The van der Waals surface area contributed by atoms with E-state index in [-0.39, 0.29) is 6.03 Å². The fraction of sp³-hybridized carbons (Fsp3) is 0.500. The largest absolute Gasteiger partial charge is 0.357 e. The SMILES string of the molecule is CNC(=O)N1NN=CN1C. The van der Waals surface area contributed by atoms with E-state index in [1.807, 2.05) is 0 Å². The van der Waals surface area contributed by atoms with Gasteiger partial charge in [-0.3, -0.25) is 5.01 Å². The molecule has 0 atom stereocenters. The second-order valence-corrected chi connectivity index (χ2v) is 1.79. The van der Waals surface area contributed by atoms with Gasteiger partial charge in [-0.05, 0) is 0 Å². The third-order valence-electron chi connectivity index (χ3n) is 1.10. The van der Waals surface area contributed by atoms with Crippen molar-refractivity contribution in [2.24, 2.45) is 5.10 Å². The van der Waals surface area contributed by atoms with Crippen LogP contribution in [0.4, 0.5) is 4.79 Å². The molecule has 0 bridgehead atoms. The molecular weight excluding hydrogens is 134 g/mol. The molecular formula is C4H9N5O. The van der Waals surface area contributed by atoms with Crippen LogP contribution in [-0.2, 0) is 0 Å². The molecule has 56 valence electrons. The number of nitrogens with zero attached hydrogens (tertiary/aromatic N) is 3. The third kappa shape index (κ3) is 0.949. The lowest BCUT2D eigenvalue weighted by atomic mass is 10.9. The molecule has 0 aromatic rings. The highest BCUT2D eigenvalue weighted by molar-refractivity contribution is 5.75. The third-order valence-corrected chi connectivity index (χ3v) is 1.10. The van der Waals surface area contributed by atoms with Gasteiger partial charge in [-0.1, -0.05) is 0 Å². The van der Waals surface area contributed by atoms with Crippen molar-refractivity contribution in [1.82, 2.24) is 21.0 Å². The van der Waals surface area contributed by atoms with Gasteiger partial charge in [0.25, 0.3) is 0 Å². The van der Waals surface area contributed by atoms with Gasteiger partial charge in [0.15, 0.2) is 0 Å². The summed E-state index contributed by atoms with van der Waals surface area (Å²) >= 11 is 0. The predicted octanol–water partition coefficient (Wildman–Crippen LogP) is -1.06. The first-order chi connectivity index (χ1) is 4.75. The molecule has 0 radical (unpaired) electrons. The Labute approximate surface area is 58.4 Å². The molecule has 2 N–H and O–H groups in total.